The molecule has 1 saturated carbocycles. The molecule has 1 saturated heterocycles. The van der Waals surface area contributed by atoms with Crippen LogP contribution in [0.1, 0.15) is 30.9 Å². The van der Waals surface area contributed by atoms with Crippen LogP contribution in [0.3, 0.4) is 0 Å². The molecule has 0 amide bonds. The van der Waals surface area contributed by atoms with Gasteiger partial charge in [0.1, 0.15) is 0 Å². The minimum atomic E-state index is -1.16. The van der Waals surface area contributed by atoms with Crippen molar-refractivity contribution in [3.8, 4) is 5.75 Å². The summed E-state index contributed by atoms with van der Waals surface area (Å²) in [5.41, 5.74) is 0.495. The number of phenolic OH excluding ortho intramolecular Hbond substituents is 1. The van der Waals surface area contributed by atoms with Gasteiger partial charge in [0.05, 0.1) is 4.47 Å². The number of nitrogens with one attached hydrogen (secondary N) is 1. The molecule has 23 heavy (non-hydrogen) atoms. The fourth-order valence-electron chi connectivity index (χ4n) is 2.99. The van der Waals surface area contributed by atoms with E-state index in [0.717, 1.165) is 32.6 Å². The van der Waals surface area contributed by atoms with Gasteiger partial charge in [-0.15, -0.1) is 24.8 Å². The van der Waals surface area contributed by atoms with Gasteiger partial charge in [-0.25, -0.2) is 4.39 Å². The Kier molecular flexibility index (Phi) is 8.01. The fraction of sp³-hybridized carbons (Fsp3) is 0.600. The van der Waals surface area contributed by atoms with Gasteiger partial charge in [-0.1, -0.05) is 12.8 Å². The van der Waals surface area contributed by atoms with Gasteiger partial charge in [0, 0.05) is 37.8 Å². The van der Waals surface area contributed by atoms with Crippen LogP contribution < -0.4 is 5.32 Å². The van der Waals surface area contributed by atoms with E-state index < -0.39 is 17.4 Å². The smallest absolute Gasteiger partial charge is 0.201 e. The third kappa shape index (κ3) is 4.69. The van der Waals surface area contributed by atoms with Gasteiger partial charge >= 0.3 is 0 Å². The maximum Gasteiger partial charge on any atom is 0.201 e. The number of phenols is 1. The van der Waals surface area contributed by atoms with E-state index in [0.29, 0.717) is 11.5 Å². The van der Waals surface area contributed by atoms with Crippen LogP contribution in [0.25, 0.3) is 0 Å². The lowest BCUT2D eigenvalue weighted by Gasteiger charge is -2.35. The maximum atomic E-state index is 13.8. The zero-order valence-electron chi connectivity index (χ0n) is 12.5. The summed E-state index contributed by atoms with van der Waals surface area (Å²) in [4.78, 5) is 2.26. The Balaban J connectivity index is 0.00000132. The Morgan fingerprint density at radius 3 is 2.39 bits per heavy atom. The Bertz CT molecular complexity index is 541. The third-order valence-electron chi connectivity index (χ3n) is 4.37. The molecule has 0 aromatic heterocycles. The van der Waals surface area contributed by atoms with Crippen LogP contribution in [-0.4, -0.2) is 36.2 Å². The van der Waals surface area contributed by atoms with Crippen LogP contribution in [0.4, 0.5) is 8.78 Å². The van der Waals surface area contributed by atoms with E-state index in [9.17, 15) is 13.9 Å². The highest BCUT2D eigenvalue weighted by Gasteiger charge is 2.33. The van der Waals surface area contributed by atoms with Crippen molar-refractivity contribution in [1.82, 2.24) is 10.2 Å². The minimum Gasteiger partial charge on any atom is -0.505 e. The predicted octanol–water partition coefficient (Wildman–Crippen LogP) is 4.02. The molecule has 1 aromatic rings. The Hall–Kier alpha value is -0.140. The van der Waals surface area contributed by atoms with E-state index in [1.807, 2.05) is 0 Å². The first kappa shape index (κ1) is 20.9. The lowest BCUT2D eigenvalue weighted by atomic mass is 9.97. The molecule has 1 heterocycles. The van der Waals surface area contributed by atoms with E-state index in [1.54, 1.807) is 0 Å². The number of piperazine rings is 1. The van der Waals surface area contributed by atoms with Gasteiger partial charge < -0.3 is 10.4 Å². The lowest BCUT2D eigenvalue weighted by molar-refractivity contribution is 0.157. The second-order valence-electron chi connectivity index (χ2n) is 5.91. The molecule has 0 radical (unpaired) electrons. The minimum absolute atomic E-state index is 0. The summed E-state index contributed by atoms with van der Waals surface area (Å²) in [6.45, 7) is 3.47. The average Bonchev–Trinajstić information content (AvgIpc) is 3.32. The molecule has 0 unspecified atom stereocenters. The summed E-state index contributed by atoms with van der Waals surface area (Å²) in [6, 6.07) is 1.48. The lowest BCUT2D eigenvalue weighted by Crippen LogP contribution is -2.45. The molecule has 8 heteroatoms. The first-order valence-electron chi connectivity index (χ1n) is 7.39. The zero-order chi connectivity index (χ0) is 15.0. The average molecular weight is 434 g/mol. The van der Waals surface area contributed by atoms with Crippen molar-refractivity contribution < 1.29 is 13.9 Å². The first-order chi connectivity index (χ1) is 10.1. The van der Waals surface area contributed by atoms with Crippen molar-refractivity contribution in [2.24, 2.45) is 5.92 Å². The molecular weight excluding hydrogens is 413 g/mol. The number of halogens is 5. The van der Waals surface area contributed by atoms with Crippen LogP contribution in [0.15, 0.2) is 10.5 Å². The number of hydrogen-bond acceptors (Lipinski definition) is 3. The zero-order valence-corrected chi connectivity index (χ0v) is 15.7. The second kappa shape index (κ2) is 8.81. The summed E-state index contributed by atoms with van der Waals surface area (Å²) in [6.07, 6.45) is 3.27. The normalized spacial score (nSPS) is 19.6. The summed E-state index contributed by atoms with van der Waals surface area (Å²) >= 11 is 3.05. The van der Waals surface area contributed by atoms with Crippen molar-refractivity contribution >= 4 is 40.7 Å². The van der Waals surface area contributed by atoms with E-state index in [2.05, 4.69) is 26.1 Å². The highest BCUT2D eigenvalue weighted by molar-refractivity contribution is 9.10. The number of aromatic hydroxyl groups is 1. The van der Waals surface area contributed by atoms with E-state index >= 15 is 0 Å². The fourth-order valence-corrected chi connectivity index (χ4v) is 3.41. The molecule has 3 nitrogen and oxygen atoms in total. The monoisotopic (exact) mass is 432 g/mol. The molecule has 2 aliphatic rings. The maximum absolute atomic E-state index is 13.8. The van der Waals surface area contributed by atoms with Crippen molar-refractivity contribution in [1.29, 1.82) is 0 Å². The largest absolute Gasteiger partial charge is 0.505 e. The van der Waals surface area contributed by atoms with Crippen LogP contribution in [-0.2, 0) is 0 Å². The number of hydrogen-bond donors (Lipinski definition) is 2. The molecule has 2 N–H and O–H groups in total. The predicted molar refractivity (Wildman–Crippen MR) is 94.7 cm³/mol. The number of nitrogens with zero attached hydrogens (tertiary/aromatic N) is 1. The summed E-state index contributed by atoms with van der Waals surface area (Å²) in [5, 5.41) is 13.3. The van der Waals surface area contributed by atoms with Gasteiger partial charge in [-0.05, 0) is 34.3 Å². The highest BCUT2D eigenvalue weighted by Crippen LogP contribution is 2.44. The summed E-state index contributed by atoms with van der Waals surface area (Å²) < 4.78 is 27.5. The molecule has 1 aromatic carbocycles. The van der Waals surface area contributed by atoms with E-state index in [1.165, 1.54) is 18.9 Å². The number of benzene rings is 1. The van der Waals surface area contributed by atoms with Crippen LogP contribution in [0, 0.1) is 17.6 Å². The molecule has 1 aliphatic heterocycles. The third-order valence-corrected chi connectivity index (χ3v) is 4.95. The molecule has 0 spiro atoms. The Morgan fingerprint density at radius 1 is 1.22 bits per heavy atom. The quantitative estimate of drug-likeness (QED) is 0.704. The van der Waals surface area contributed by atoms with Crippen molar-refractivity contribution in [3.63, 3.8) is 0 Å². The first-order valence-corrected chi connectivity index (χ1v) is 8.18. The molecule has 1 aliphatic carbocycles. The summed E-state index contributed by atoms with van der Waals surface area (Å²) in [7, 11) is 0. The molecular formula is C15H21BrCl2F2N2O. The van der Waals surface area contributed by atoms with Crippen molar-refractivity contribution in [2.45, 2.75) is 25.3 Å². The van der Waals surface area contributed by atoms with E-state index in [4.69, 9.17) is 0 Å². The Morgan fingerprint density at radius 2 is 1.83 bits per heavy atom. The van der Waals surface area contributed by atoms with Gasteiger partial charge in [0.15, 0.2) is 11.6 Å². The van der Waals surface area contributed by atoms with Gasteiger partial charge in [-0.3, -0.25) is 4.90 Å². The van der Waals surface area contributed by atoms with Crippen LogP contribution in [0.5, 0.6) is 5.75 Å². The second-order valence-corrected chi connectivity index (χ2v) is 6.76. The van der Waals surface area contributed by atoms with Crippen LogP contribution >= 0.6 is 40.7 Å². The highest BCUT2D eigenvalue weighted by atomic mass is 79.9. The number of rotatable bonds is 4. The van der Waals surface area contributed by atoms with Gasteiger partial charge in [0.25, 0.3) is 0 Å². The summed E-state index contributed by atoms with van der Waals surface area (Å²) in [5.74, 6) is -2.09. The Labute approximate surface area is 155 Å². The SMILES string of the molecule is Cl.Cl.Oc1c([C@@H](CC2CC2)N2CCNCC2)cc(Br)c(F)c1F. The molecule has 2 fully saturated rings. The van der Waals surface area contributed by atoms with Crippen molar-refractivity contribution in [2.75, 3.05) is 26.2 Å². The molecule has 1 atom stereocenters. The van der Waals surface area contributed by atoms with Gasteiger partial charge in [0.2, 0.25) is 5.82 Å². The molecule has 0 bridgehead atoms. The molecule has 132 valence electrons. The van der Waals surface area contributed by atoms with Gasteiger partial charge in [-0.2, -0.15) is 4.39 Å². The standard InChI is InChI=1S/C15H19BrF2N2O.2ClH/c16-11-8-10(15(21)14(18)13(11)17)12(7-9-1-2-9)20-5-3-19-4-6-20;;/h8-9,12,19,21H,1-7H2;2*1H/t12-;;/m1../s1. The topological polar surface area (TPSA) is 35.5 Å². The molecule has 3 rings (SSSR count). The van der Waals surface area contributed by atoms with Crippen LogP contribution in [0.2, 0.25) is 0 Å². The van der Waals surface area contributed by atoms with E-state index in [-0.39, 0.29) is 35.3 Å². The van der Waals surface area contributed by atoms with Crippen molar-refractivity contribution in [3.05, 3.63) is 27.7 Å².